The molecule has 4 rings (SSSR count). The minimum atomic E-state index is -3.09. The van der Waals surface area contributed by atoms with E-state index in [0.29, 0.717) is 18.7 Å². The lowest BCUT2D eigenvalue weighted by molar-refractivity contribution is 0.102. The Labute approximate surface area is 182 Å². The van der Waals surface area contributed by atoms with Crippen molar-refractivity contribution in [2.24, 2.45) is 0 Å². The van der Waals surface area contributed by atoms with Crippen molar-refractivity contribution in [3.63, 3.8) is 0 Å². The van der Waals surface area contributed by atoms with Gasteiger partial charge >= 0.3 is 0 Å². The highest BCUT2D eigenvalue weighted by Crippen LogP contribution is 2.30. The number of hydrogen-bond donors (Lipinski definition) is 1. The molecule has 31 heavy (non-hydrogen) atoms. The number of sulfone groups is 1. The molecular weight excluding hydrogens is 414 g/mol. The Bertz CT molecular complexity index is 1180. The van der Waals surface area contributed by atoms with Gasteiger partial charge < -0.3 is 10.1 Å². The molecule has 0 saturated carbocycles. The van der Waals surface area contributed by atoms with Crippen LogP contribution in [-0.2, 0) is 9.84 Å². The van der Waals surface area contributed by atoms with Crippen LogP contribution in [0.3, 0.4) is 0 Å². The fourth-order valence-corrected chi connectivity index (χ4v) is 5.38. The van der Waals surface area contributed by atoms with E-state index in [0.717, 1.165) is 22.6 Å². The quantitative estimate of drug-likeness (QED) is 0.630. The molecule has 162 valence electrons. The Morgan fingerprint density at radius 2 is 1.87 bits per heavy atom. The number of hydrogen-bond acceptors (Lipinski definition) is 5. The summed E-state index contributed by atoms with van der Waals surface area (Å²) in [6, 6.07) is 16.4. The second kappa shape index (κ2) is 8.55. The van der Waals surface area contributed by atoms with Crippen molar-refractivity contribution in [1.29, 1.82) is 0 Å². The third-order valence-electron chi connectivity index (χ3n) is 5.29. The lowest BCUT2D eigenvalue weighted by atomic mass is 10.1. The Morgan fingerprint density at radius 1 is 1.16 bits per heavy atom. The van der Waals surface area contributed by atoms with Crippen LogP contribution in [0.4, 0.5) is 5.69 Å². The highest BCUT2D eigenvalue weighted by atomic mass is 32.2. The van der Waals surface area contributed by atoms with Gasteiger partial charge in [-0.1, -0.05) is 29.8 Å². The van der Waals surface area contributed by atoms with Crippen LogP contribution in [0.25, 0.3) is 11.3 Å². The molecule has 1 aliphatic rings. The standard InChI is InChI=1S/C23H25N3O4S/c1-3-30-20-10-8-18(9-11-20)24-23(27)21-14-22(17-6-4-16(2)5-7-17)26(25-21)19-12-13-31(28,29)15-19/h4-11,14,19H,3,12-13,15H2,1-2H3,(H,24,27)/t19-/m1/s1. The minimum Gasteiger partial charge on any atom is -0.494 e. The van der Waals surface area contributed by atoms with Gasteiger partial charge in [-0.2, -0.15) is 5.10 Å². The van der Waals surface area contributed by atoms with Crippen LogP contribution in [0.1, 0.15) is 35.4 Å². The van der Waals surface area contributed by atoms with Gasteiger partial charge in [-0.05, 0) is 56.2 Å². The molecule has 0 bridgehead atoms. The molecule has 1 amide bonds. The highest BCUT2D eigenvalue weighted by molar-refractivity contribution is 7.91. The second-order valence-electron chi connectivity index (χ2n) is 7.69. The first-order valence-electron chi connectivity index (χ1n) is 10.3. The predicted molar refractivity (Wildman–Crippen MR) is 120 cm³/mol. The largest absolute Gasteiger partial charge is 0.494 e. The lowest BCUT2D eigenvalue weighted by Crippen LogP contribution is -2.16. The summed E-state index contributed by atoms with van der Waals surface area (Å²) in [5, 5.41) is 7.36. The van der Waals surface area contributed by atoms with Gasteiger partial charge in [0.25, 0.3) is 5.91 Å². The maximum Gasteiger partial charge on any atom is 0.276 e. The Balaban J connectivity index is 1.64. The number of rotatable bonds is 6. The van der Waals surface area contributed by atoms with E-state index < -0.39 is 9.84 Å². The van der Waals surface area contributed by atoms with Gasteiger partial charge in [-0.15, -0.1) is 0 Å². The van der Waals surface area contributed by atoms with Crippen LogP contribution in [0.2, 0.25) is 0 Å². The van der Waals surface area contributed by atoms with Gasteiger partial charge in [0.1, 0.15) is 5.75 Å². The van der Waals surface area contributed by atoms with Crippen LogP contribution in [0, 0.1) is 6.92 Å². The van der Waals surface area contributed by atoms with Crippen LogP contribution in [-0.4, -0.2) is 42.2 Å². The average Bonchev–Trinajstić information content (AvgIpc) is 3.34. The number of anilines is 1. The van der Waals surface area contributed by atoms with Crippen molar-refractivity contribution in [3.05, 3.63) is 65.9 Å². The van der Waals surface area contributed by atoms with Crippen molar-refractivity contribution in [1.82, 2.24) is 9.78 Å². The van der Waals surface area contributed by atoms with E-state index in [1.54, 1.807) is 35.0 Å². The topological polar surface area (TPSA) is 90.3 Å². The first kappa shape index (κ1) is 21.1. The van der Waals surface area contributed by atoms with E-state index in [2.05, 4.69) is 10.4 Å². The number of carbonyl (C=O) groups excluding carboxylic acids is 1. The maximum atomic E-state index is 12.9. The van der Waals surface area contributed by atoms with E-state index in [9.17, 15) is 13.2 Å². The fraction of sp³-hybridized carbons (Fsp3) is 0.304. The molecule has 0 spiro atoms. The molecule has 8 heteroatoms. The highest BCUT2D eigenvalue weighted by Gasteiger charge is 2.32. The zero-order valence-corrected chi connectivity index (χ0v) is 18.4. The molecule has 0 unspecified atom stereocenters. The van der Waals surface area contributed by atoms with E-state index >= 15 is 0 Å². The molecule has 1 aliphatic heterocycles. The summed E-state index contributed by atoms with van der Waals surface area (Å²) in [7, 11) is -3.09. The zero-order chi connectivity index (χ0) is 22.0. The molecule has 1 saturated heterocycles. The monoisotopic (exact) mass is 439 g/mol. The third-order valence-corrected chi connectivity index (χ3v) is 7.04. The van der Waals surface area contributed by atoms with E-state index in [-0.39, 0.29) is 29.1 Å². The molecule has 1 aromatic heterocycles. The van der Waals surface area contributed by atoms with Crippen LogP contribution in [0.15, 0.2) is 54.6 Å². The molecule has 0 radical (unpaired) electrons. The Hall–Kier alpha value is -3.13. The summed E-state index contributed by atoms with van der Waals surface area (Å²) in [5.41, 5.74) is 3.62. The number of nitrogens with one attached hydrogen (secondary N) is 1. The molecule has 7 nitrogen and oxygen atoms in total. The van der Waals surface area contributed by atoms with Crippen molar-refractivity contribution < 1.29 is 17.9 Å². The van der Waals surface area contributed by atoms with E-state index in [1.807, 2.05) is 38.1 Å². The molecule has 1 atom stereocenters. The number of aryl methyl sites for hydroxylation is 1. The number of nitrogens with zero attached hydrogens (tertiary/aromatic N) is 2. The lowest BCUT2D eigenvalue weighted by Gasteiger charge is -2.13. The summed E-state index contributed by atoms with van der Waals surface area (Å²) in [5.74, 6) is 0.553. The van der Waals surface area contributed by atoms with Gasteiger partial charge in [0, 0.05) is 5.69 Å². The van der Waals surface area contributed by atoms with Crippen molar-refractivity contribution in [2.75, 3.05) is 23.4 Å². The summed E-state index contributed by atoms with van der Waals surface area (Å²) in [6.45, 7) is 4.48. The van der Waals surface area contributed by atoms with Gasteiger partial charge in [-0.3, -0.25) is 9.48 Å². The van der Waals surface area contributed by atoms with Crippen LogP contribution >= 0.6 is 0 Å². The van der Waals surface area contributed by atoms with E-state index in [4.69, 9.17) is 4.74 Å². The smallest absolute Gasteiger partial charge is 0.276 e. The first-order valence-corrected chi connectivity index (χ1v) is 12.1. The van der Waals surface area contributed by atoms with Crippen molar-refractivity contribution in [3.8, 4) is 17.0 Å². The summed E-state index contributed by atoms with van der Waals surface area (Å²) in [4.78, 5) is 12.9. The van der Waals surface area contributed by atoms with Crippen molar-refractivity contribution >= 4 is 21.4 Å². The molecule has 2 heterocycles. The summed E-state index contributed by atoms with van der Waals surface area (Å²) < 4.78 is 31.2. The van der Waals surface area contributed by atoms with E-state index in [1.165, 1.54) is 0 Å². The van der Waals surface area contributed by atoms with Gasteiger partial charge in [0.05, 0.1) is 29.8 Å². The fourth-order valence-electron chi connectivity index (χ4n) is 3.69. The molecule has 1 fully saturated rings. The molecule has 1 N–H and O–H groups in total. The van der Waals surface area contributed by atoms with Gasteiger partial charge in [0.15, 0.2) is 15.5 Å². The second-order valence-corrected chi connectivity index (χ2v) is 9.92. The molecular formula is C23H25N3O4S. The predicted octanol–water partition coefficient (Wildman–Crippen LogP) is 3.87. The number of amides is 1. The number of carbonyl (C=O) groups is 1. The van der Waals surface area contributed by atoms with Crippen molar-refractivity contribution in [2.45, 2.75) is 26.3 Å². The molecule has 3 aromatic rings. The first-order chi connectivity index (χ1) is 14.8. The SMILES string of the molecule is CCOc1ccc(NC(=O)c2cc(-c3ccc(C)cc3)n([C@@H]3CCS(=O)(=O)C3)n2)cc1. The Kier molecular flexibility index (Phi) is 5.82. The molecule has 0 aliphatic carbocycles. The zero-order valence-electron chi connectivity index (χ0n) is 17.5. The van der Waals surface area contributed by atoms with Crippen LogP contribution < -0.4 is 10.1 Å². The van der Waals surface area contributed by atoms with Crippen LogP contribution in [0.5, 0.6) is 5.75 Å². The summed E-state index contributed by atoms with van der Waals surface area (Å²) >= 11 is 0. The Morgan fingerprint density at radius 3 is 2.48 bits per heavy atom. The normalized spacial score (nSPS) is 17.4. The summed E-state index contributed by atoms with van der Waals surface area (Å²) in [6.07, 6.45) is 0.489. The minimum absolute atomic E-state index is 0.0352. The molecule has 2 aromatic carbocycles. The number of benzene rings is 2. The van der Waals surface area contributed by atoms with Gasteiger partial charge in [-0.25, -0.2) is 8.42 Å². The third kappa shape index (κ3) is 4.80. The van der Waals surface area contributed by atoms with Gasteiger partial charge in [0.2, 0.25) is 0 Å². The average molecular weight is 440 g/mol. The number of aromatic nitrogens is 2. The maximum absolute atomic E-state index is 12.9. The number of ether oxygens (including phenoxy) is 1.